The number of oxazole rings is 1. The van der Waals surface area contributed by atoms with Gasteiger partial charge in [0.1, 0.15) is 6.26 Å². The second-order valence-corrected chi connectivity index (χ2v) is 5.66. The summed E-state index contributed by atoms with van der Waals surface area (Å²) in [6.45, 7) is 1.95. The molecule has 2 aromatic heterocycles. The molecule has 4 rings (SSSR count). The Balaban J connectivity index is 1.63. The zero-order chi connectivity index (χ0) is 17.4. The van der Waals surface area contributed by atoms with Gasteiger partial charge in [-0.05, 0) is 42.8 Å². The Labute approximate surface area is 141 Å². The highest BCUT2D eigenvalue weighted by molar-refractivity contribution is 6.06. The first kappa shape index (κ1) is 14.9. The molecule has 25 heavy (non-hydrogen) atoms. The zero-order valence-corrected chi connectivity index (χ0v) is 13.3. The van der Waals surface area contributed by atoms with Gasteiger partial charge in [-0.25, -0.2) is 9.78 Å². The Hall–Kier alpha value is -3.61. The van der Waals surface area contributed by atoms with E-state index in [1.165, 1.54) is 6.26 Å². The summed E-state index contributed by atoms with van der Waals surface area (Å²) in [5.74, 6) is 0.228. The van der Waals surface area contributed by atoms with Crippen LogP contribution in [-0.2, 0) is 0 Å². The van der Waals surface area contributed by atoms with Gasteiger partial charge >= 0.3 is 5.69 Å². The molecule has 124 valence electrons. The smallest absolute Gasteiger partial charge is 0.323 e. The van der Waals surface area contributed by atoms with Crippen LogP contribution in [0.25, 0.3) is 22.5 Å². The van der Waals surface area contributed by atoms with Crippen LogP contribution in [0.1, 0.15) is 15.9 Å². The average Bonchev–Trinajstić information content (AvgIpc) is 3.24. The van der Waals surface area contributed by atoms with Crippen molar-refractivity contribution in [3.63, 3.8) is 0 Å². The molecule has 1 amide bonds. The molecule has 3 N–H and O–H groups in total. The molecule has 0 saturated carbocycles. The van der Waals surface area contributed by atoms with E-state index in [2.05, 4.69) is 20.3 Å². The lowest BCUT2D eigenvalue weighted by Crippen LogP contribution is -2.12. The molecule has 0 aliphatic rings. The number of hydrogen-bond donors (Lipinski definition) is 3. The highest BCUT2D eigenvalue weighted by Gasteiger charge is 2.11. The van der Waals surface area contributed by atoms with Crippen molar-refractivity contribution in [3.05, 3.63) is 70.5 Å². The molecule has 4 aromatic rings. The second kappa shape index (κ2) is 5.79. The number of hydrogen-bond acceptors (Lipinski definition) is 4. The van der Waals surface area contributed by atoms with Gasteiger partial charge in [0.25, 0.3) is 5.91 Å². The predicted octanol–water partition coefficient (Wildman–Crippen LogP) is 3.07. The van der Waals surface area contributed by atoms with Crippen molar-refractivity contribution in [1.82, 2.24) is 15.0 Å². The van der Waals surface area contributed by atoms with E-state index < -0.39 is 0 Å². The number of aromatic amines is 2. The zero-order valence-electron chi connectivity index (χ0n) is 13.3. The van der Waals surface area contributed by atoms with Gasteiger partial charge in [0, 0.05) is 16.8 Å². The van der Waals surface area contributed by atoms with Gasteiger partial charge in [0.15, 0.2) is 0 Å². The van der Waals surface area contributed by atoms with Crippen molar-refractivity contribution in [3.8, 4) is 11.5 Å². The lowest BCUT2D eigenvalue weighted by Gasteiger charge is -2.08. The van der Waals surface area contributed by atoms with Gasteiger partial charge in [-0.2, -0.15) is 0 Å². The Morgan fingerprint density at radius 2 is 1.96 bits per heavy atom. The second-order valence-electron chi connectivity index (χ2n) is 5.66. The van der Waals surface area contributed by atoms with Gasteiger partial charge in [0.05, 0.1) is 17.2 Å². The topological polar surface area (TPSA) is 104 Å². The van der Waals surface area contributed by atoms with Crippen LogP contribution >= 0.6 is 0 Å². The number of imidazole rings is 1. The molecule has 2 aromatic carbocycles. The number of amides is 1. The Morgan fingerprint density at radius 1 is 1.12 bits per heavy atom. The molecule has 0 aliphatic carbocycles. The van der Waals surface area contributed by atoms with Crippen molar-refractivity contribution in [1.29, 1.82) is 0 Å². The Bertz CT molecular complexity index is 1120. The van der Waals surface area contributed by atoms with E-state index in [9.17, 15) is 9.59 Å². The Kier molecular flexibility index (Phi) is 3.46. The highest BCUT2D eigenvalue weighted by Crippen LogP contribution is 2.25. The first-order chi connectivity index (χ1) is 12.1. The van der Waals surface area contributed by atoms with E-state index in [0.717, 1.165) is 11.1 Å². The van der Waals surface area contributed by atoms with E-state index in [-0.39, 0.29) is 11.6 Å². The first-order valence-corrected chi connectivity index (χ1v) is 7.64. The van der Waals surface area contributed by atoms with E-state index in [1.807, 2.05) is 25.1 Å². The number of anilines is 1. The van der Waals surface area contributed by atoms with E-state index in [0.29, 0.717) is 28.2 Å². The fourth-order valence-corrected chi connectivity index (χ4v) is 2.66. The number of nitrogens with one attached hydrogen (secondary N) is 3. The van der Waals surface area contributed by atoms with E-state index in [4.69, 9.17) is 4.42 Å². The normalized spacial score (nSPS) is 10.9. The van der Waals surface area contributed by atoms with Crippen LogP contribution < -0.4 is 11.0 Å². The minimum Gasteiger partial charge on any atom is -0.445 e. The summed E-state index contributed by atoms with van der Waals surface area (Å²) in [6.07, 6.45) is 3.08. The lowest BCUT2D eigenvalue weighted by atomic mass is 10.1. The number of aryl methyl sites for hydroxylation is 1. The van der Waals surface area contributed by atoms with Crippen LogP contribution in [0.3, 0.4) is 0 Å². The maximum absolute atomic E-state index is 12.5. The van der Waals surface area contributed by atoms with Gasteiger partial charge in [-0.15, -0.1) is 0 Å². The number of carbonyl (C=O) groups excluding carboxylic acids is 1. The van der Waals surface area contributed by atoms with Crippen molar-refractivity contribution in [2.45, 2.75) is 6.92 Å². The SMILES string of the molecule is Cc1ccc(NC(=O)c2ccc3[nH]c(=O)[nH]c3c2)cc1-c1ncco1. The van der Waals surface area contributed by atoms with Crippen molar-refractivity contribution < 1.29 is 9.21 Å². The summed E-state index contributed by atoms with van der Waals surface area (Å²) in [6, 6.07) is 10.5. The molecule has 0 saturated heterocycles. The lowest BCUT2D eigenvalue weighted by molar-refractivity contribution is 0.102. The van der Waals surface area contributed by atoms with Gasteiger partial charge in [0.2, 0.25) is 5.89 Å². The summed E-state index contributed by atoms with van der Waals surface area (Å²) >= 11 is 0. The van der Waals surface area contributed by atoms with Crippen molar-refractivity contribution in [2.24, 2.45) is 0 Å². The third kappa shape index (κ3) is 2.83. The fraction of sp³-hybridized carbons (Fsp3) is 0.0556. The van der Waals surface area contributed by atoms with Crippen molar-refractivity contribution >= 4 is 22.6 Å². The summed E-state index contributed by atoms with van der Waals surface area (Å²) in [4.78, 5) is 33.2. The van der Waals surface area contributed by atoms with Crippen LogP contribution in [0.15, 0.2) is 58.1 Å². The fourth-order valence-electron chi connectivity index (χ4n) is 2.66. The average molecular weight is 334 g/mol. The monoisotopic (exact) mass is 334 g/mol. The van der Waals surface area contributed by atoms with Crippen LogP contribution in [0.2, 0.25) is 0 Å². The maximum Gasteiger partial charge on any atom is 0.323 e. The number of benzene rings is 2. The van der Waals surface area contributed by atoms with Crippen LogP contribution in [0.5, 0.6) is 0 Å². The Morgan fingerprint density at radius 3 is 2.76 bits per heavy atom. The molecule has 0 bridgehead atoms. The standard InChI is InChI=1S/C18H14N4O3/c1-10-2-4-12(9-13(10)17-19-6-7-25-17)20-16(23)11-3-5-14-15(8-11)22-18(24)21-14/h2-9H,1H3,(H,20,23)(H2,21,22,24). The molecule has 0 spiro atoms. The predicted molar refractivity (Wildman–Crippen MR) is 93.5 cm³/mol. The molecule has 2 heterocycles. The molecule has 0 unspecified atom stereocenters. The molecule has 7 nitrogen and oxygen atoms in total. The van der Waals surface area contributed by atoms with Gasteiger partial charge in [-0.1, -0.05) is 6.07 Å². The number of nitrogens with zero attached hydrogens (tertiary/aromatic N) is 1. The quantitative estimate of drug-likeness (QED) is 0.535. The number of aromatic nitrogens is 3. The maximum atomic E-state index is 12.5. The summed E-state index contributed by atoms with van der Waals surface area (Å²) < 4.78 is 5.33. The number of rotatable bonds is 3. The third-order valence-electron chi connectivity index (χ3n) is 3.94. The number of carbonyl (C=O) groups is 1. The van der Waals surface area contributed by atoms with Crippen molar-refractivity contribution in [2.75, 3.05) is 5.32 Å². The minimum atomic E-state index is -0.304. The minimum absolute atomic E-state index is 0.272. The van der Waals surface area contributed by atoms with Gasteiger partial charge < -0.3 is 19.7 Å². The van der Waals surface area contributed by atoms with Crippen LogP contribution in [0.4, 0.5) is 5.69 Å². The molecule has 0 aliphatic heterocycles. The molecular weight excluding hydrogens is 320 g/mol. The molecule has 0 radical (unpaired) electrons. The van der Waals surface area contributed by atoms with E-state index >= 15 is 0 Å². The summed E-state index contributed by atoms with van der Waals surface area (Å²) in [7, 11) is 0. The highest BCUT2D eigenvalue weighted by atomic mass is 16.3. The number of H-pyrrole nitrogens is 2. The summed E-state index contributed by atoms with van der Waals surface area (Å²) in [5.41, 5.74) is 3.82. The van der Waals surface area contributed by atoms with Gasteiger partial charge in [-0.3, -0.25) is 4.79 Å². The summed E-state index contributed by atoms with van der Waals surface area (Å²) in [5, 5.41) is 2.85. The largest absolute Gasteiger partial charge is 0.445 e. The molecule has 0 fully saturated rings. The molecule has 7 heteroatoms. The van der Waals surface area contributed by atoms with E-state index in [1.54, 1.807) is 24.4 Å². The molecule has 0 atom stereocenters. The van der Waals surface area contributed by atoms with Crippen LogP contribution in [-0.4, -0.2) is 20.9 Å². The first-order valence-electron chi connectivity index (χ1n) is 7.64. The van der Waals surface area contributed by atoms with Crippen LogP contribution in [0, 0.1) is 6.92 Å². The molecular formula is C18H14N4O3. The third-order valence-corrected chi connectivity index (χ3v) is 3.94. The number of fused-ring (bicyclic) bond motifs is 1.